The van der Waals surface area contributed by atoms with Crippen LogP contribution in [0.4, 0.5) is 0 Å². The smallest absolute Gasteiger partial charge is 0.261 e. The number of methoxy groups -OCH3 is 1. The highest BCUT2D eigenvalue weighted by Gasteiger charge is 2.18. The number of fused-ring (bicyclic) bond motifs is 1. The SMILES string of the molecule is COCC(O)CNC(=O)c1sc2nc[nH]c(=O)c2c1C. The molecule has 0 spiro atoms. The molecule has 20 heavy (non-hydrogen) atoms. The van der Waals surface area contributed by atoms with Crippen LogP contribution in [0.15, 0.2) is 11.1 Å². The van der Waals surface area contributed by atoms with E-state index in [0.717, 1.165) is 11.3 Å². The summed E-state index contributed by atoms with van der Waals surface area (Å²) >= 11 is 1.16. The van der Waals surface area contributed by atoms with Crippen LogP contribution >= 0.6 is 11.3 Å². The number of aromatic nitrogens is 2. The van der Waals surface area contributed by atoms with Gasteiger partial charge in [-0.05, 0) is 12.5 Å². The molecule has 7 nitrogen and oxygen atoms in total. The van der Waals surface area contributed by atoms with Gasteiger partial charge in [0.05, 0.1) is 29.3 Å². The molecule has 2 rings (SSSR count). The zero-order valence-electron chi connectivity index (χ0n) is 11.1. The number of nitrogens with one attached hydrogen (secondary N) is 2. The second-order valence-electron chi connectivity index (χ2n) is 4.29. The van der Waals surface area contributed by atoms with Gasteiger partial charge in [0.15, 0.2) is 0 Å². The molecular formula is C12H15N3O4S. The molecule has 0 aliphatic heterocycles. The summed E-state index contributed by atoms with van der Waals surface area (Å²) < 4.78 is 4.77. The average Bonchev–Trinajstić information content (AvgIpc) is 2.75. The first-order chi connectivity index (χ1) is 9.54. The Morgan fingerprint density at radius 3 is 3.05 bits per heavy atom. The summed E-state index contributed by atoms with van der Waals surface area (Å²) in [4.78, 5) is 31.2. The van der Waals surface area contributed by atoms with Crippen molar-refractivity contribution in [3.8, 4) is 0 Å². The monoisotopic (exact) mass is 297 g/mol. The van der Waals surface area contributed by atoms with Crippen molar-refractivity contribution in [2.24, 2.45) is 0 Å². The van der Waals surface area contributed by atoms with Gasteiger partial charge in [-0.3, -0.25) is 9.59 Å². The predicted octanol–water partition coefficient (Wildman–Crippen LogP) is 0.0301. The van der Waals surface area contributed by atoms with E-state index in [4.69, 9.17) is 4.74 Å². The molecule has 2 heterocycles. The Hall–Kier alpha value is -1.77. The van der Waals surface area contributed by atoms with Gasteiger partial charge >= 0.3 is 0 Å². The van der Waals surface area contributed by atoms with Crippen molar-refractivity contribution in [2.45, 2.75) is 13.0 Å². The molecule has 0 saturated carbocycles. The number of H-pyrrole nitrogens is 1. The number of carbonyl (C=O) groups excluding carboxylic acids is 1. The van der Waals surface area contributed by atoms with Gasteiger partial charge < -0.3 is 20.1 Å². The molecule has 0 aliphatic rings. The number of hydrogen-bond acceptors (Lipinski definition) is 6. The first-order valence-electron chi connectivity index (χ1n) is 5.96. The minimum absolute atomic E-state index is 0.0874. The number of hydrogen-bond donors (Lipinski definition) is 3. The van der Waals surface area contributed by atoms with Gasteiger partial charge in [0.25, 0.3) is 11.5 Å². The van der Waals surface area contributed by atoms with Crippen LogP contribution in [0, 0.1) is 6.92 Å². The molecule has 2 aromatic heterocycles. The van der Waals surface area contributed by atoms with Gasteiger partial charge in [0, 0.05) is 13.7 Å². The van der Waals surface area contributed by atoms with Crippen LogP contribution < -0.4 is 10.9 Å². The van der Waals surface area contributed by atoms with E-state index >= 15 is 0 Å². The minimum atomic E-state index is -0.764. The number of amides is 1. The Morgan fingerprint density at radius 1 is 1.65 bits per heavy atom. The number of ether oxygens (including phenoxy) is 1. The molecule has 0 radical (unpaired) electrons. The van der Waals surface area contributed by atoms with Crippen LogP contribution in [0.1, 0.15) is 15.2 Å². The lowest BCUT2D eigenvalue weighted by Gasteiger charge is -2.10. The van der Waals surface area contributed by atoms with Crippen molar-refractivity contribution in [3.63, 3.8) is 0 Å². The van der Waals surface area contributed by atoms with Crippen molar-refractivity contribution in [2.75, 3.05) is 20.3 Å². The Kier molecular flexibility index (Phi) is 4.48. The molecule has 0 aliphatic carbocycles. The van der Waals surface area contributed by atoms with Crippen LogP contribution in [-0.4, -0.2) is 47.3 Å². The van der Waals surface area contributed by atoms with E-state index in [2.05, 4.69) is 15.3 Å². The third kappa shape index (κ3) is 2.87. The second-order valence-corrected chi connectivity index (χ2v) is 5.29. The summed E-state index contributed by atoms with van der Waals surface area (Å²) in [7, 11) is 1.47. The zero-order valence-corrected chi connectivity index (χ0v) is 11.9. The van der Waals surface area contributed by atoms with Gasteiger partial charge in [0.2, 0.25) is 0 Å². The lowest BCUT2D eigenvalue weighted by molar-refractivity contribution is 0.0610. The topological polar surface area (TPSA) is 104 Å². The molecule has 0 fully saturated rings. The van der Waals surface area contributed by atoms with Crippen molar-refractivity contribution in [1.29, 1.82) is 0 Å². The summed E-state index contributed by atoms with van der Waals surface area (Å²) in [5.41, 5.74) is 0.334. The summed E-state index contributed by atoms with van der Waals surface area (Å²) in [6.07, 6.45) is 0.546. The van der Waals surface area contributed by atoms with Gasteiger partial charge in [-0.1, -0.05) is 0 Å². The molecule has 0 aromatic carbocycles. The van der Waals surface area contributed by atoms with E-state index in [-0.39, 0.29) is 24.6 Å². The summed E-state index contributed by atoms with van der Waals surface area (Å²) in [5.74, 6) is -0.333. The van der Waals surface area contributed by atoms with Gasteiger partial charge in [0.1, 0.15) is 4.83 Å². The molecule has 1 atom stereocenters. The largest absolute Gasteiger partial charge is 0.389 e. The third-order valence-corrected chi connectivity index (χ3v) is 3.99. The van der Waals surface area contributed by atoms with E-state index in [1.165, 1.54) is 13.4 Å². The molecule has 0 bridgehead atoms. The number of aliphatic hydroxyl groups is 1. The number of thiophene rings is 1. The molecule has 8 heteroatoms. The Bertz CT molecular complexity index is 679. The maximum Gasteiger partial charge on any atom is 0.261 e. The van der Waals surface area contributed by atoms with Crippen molar-refractivity contribution < 1.29 is 14.6 Å². The van der Waals surface area contributed by atoms with Gasteiger partial charge in [-0.15, -0.1) is 11.3 Å². The molecule has 108 valence electrons. The average molecular weight is 297 g/mol. The molecule has 1 amide bonds. The van der Waals surface area contributed by atoms with Crippen LogP contribution in [0.25, 0.3) is 10.2 Å². The van der Waals surface area contributed by atoms with Crippen molar-refractivity contribution >= 4 is 27.5 Å². The molecular weight excluding hydrogens is 282 g/mol. The fraction of sp³-hybridized carbons (Fsp3) is 0.417. The second kappa shape index (κ2) is 6.12. The molecule has 2 aromatic rings. The maximum absolute atomic E-state index is 12.1. The molecule has 3 N–H and O–H groups in total. The van der Waals surface area contributed by atoms with Crippen LogP contribution in [0.5, 0.6) is 0 Å². The van der Waals surface area contributed by atoms with Crippen molar-refractivity contribution in [1.82, 2.24) is 15.3 Å². The minimum Gasteiger partial charge on any atom is -0.389 e. The van der Waals surface area contributed by atoms with Crippen LogP contribution in [0.3, 0.4) is 0 Å². The standard InChI is InChI=1S/C12H15N3O4S/c1-6-8-10(17)14-5-15-12(8)20-9(6)11(18)13-3-7(16)4-19-2/h5,7,16H,3-4H2,1-2H3,(H,13,18)(H,14,15,17). The fourth-order valence-corrected chi connectivity index (χ4v) is 2.90. The van der Waals surface area contributed by atoms with E-state index in [1.54, 1.807) is 6.92 Å². The van der Waals surface area contributed by atoms with Crippen LogP contribution in [0.2, 0.25) is 0 Å². The maximum atomic E-state index is 12.1. The van der Waals surface area contributed by atoms with Crippen LogP contribution in [-0.2, 0) is 4.74 Å². The number of aliphatic hydroxyl groups excluding tert-OH is 1. The lowest BCUT2D eigenvalue weighted by Crippen LogP contribution is -2.34. The molecule has 1 unspecified atom stereocenters. The highest BCUT2D eigenvalue weighted by Crippen LogP contribution is 2.26. The van der Waals surface area contributed by atoms with E-state index < -0.39 is 6.10 Å². The highest BCUT2D eigenvalue weighted by molar-refractivity contribution is 7.20. The van der Waals surface area contributed by atoms with Crippen molar-refractivity contribution in [3.05, 3.63) is 27.1 Å². The number of rotatable bonds is 5. The number of nitrogens with zero attached hydrogens (tertiary/aromatic N) is 1. The quantitative estimate of drug-likeness (QED) is 0.722. The van der Waals surface area contributed by atoms with E-state index in [9.17, 15) is 14.7 Å². The van der Waals surface area contributed by atoms with E-state index in [0.29, 0.717) is 20.7 Å². The Labute approximate surface area is 118 Å². The normalized spacial score (nSPS) is 12.6. The fourth-order valence-electron chi connectivity index (χ4n) is 1.84. The molecule has 0 saturated heterocycles. The first-order valence-corrected chi connectivity index (χ1v) is 6.78. The van der Waals surface area contributed by atoms with Gasteiger partial charge in [-0.2, -0.15) is 0 Å². The number of aryl methyl sites for hydroxylation is 1. The number of aromatic amines is 1. The predicted molar refractivity (Wildman–Crippen MR) is 75.2 cm³/mol. The summed E-state index contributed by atoms with van der Waals surface area (Å²) in [5, 5.41) is 12.5. The number of carbonyl (C=O) groups is 1. The Morgan fingerprint density at radius 2 is 2.40 bits per heavy atom. The summed E-state index contributed by atoms with van der Waals surface area (Å²) in [6, 6.07) is 0. The zero-order chi connectivity index (χ0) is 14.7. The highest BCUT2D eigenvalue weighted by atomic mass is 32.1. The summed E-state index contributed by atoms with van der Waals surface area (Å²) in [6.45, 7) is 1.94. The lowest BCUT2D eigenvalue weighted by atomic mass is 10.2. The first kappa shape index (κ1) is 14.6. The van der Waals surface area contributed by atoms with E-state index in [1.807, 2.05) is 0 Å². The Balaban J connectivity index is 2.21. The van der Waals surface area contributed by atoms with Gasteiger partial charge in [-0.25, -0.2) is 4.98 Å². The third-order valence-electron chi connectivity index (χ3n) is 2.80.